The number of para-hydroxylation sites is 1. The van der Waals surface area contributed by atoms with Crippen LogP contribution in [0.3, 0.4) is 0 Å². The third kappa shape index (κ3) is 3.24. The number of rotatable bonds is 5. The number of esters is 1. The van der Waals surface area contributed by atoms with Crippen LogP contribution in [0.2, 0.25) is 0 Å². The quantitative estimate of drug-likeness (QED) is 0.664. The Balaban J connectivity index is 1.74. The molecular formula is C16H14N2O4S. The molecule has 0 aliphatic heterocycles. The van der Waals surface area contributed by atoms with Gasteiger partial charge in [0.05, 0.1) is 12.0 Å². The lowest BCUT2D eigenvalue weighted by Gasteiger charge is -2.11. The number of nitrogens with zero attached hydrogens (tertiary/aromatic N) is 2. The number of hydrogen-bond donors (Lipinski definition) is 0. The molecule has 0 bridgehead atoms. The molecule has 6 nitrogen and oxygen atoms in total. The smallest absolute Gasteiger partial charge is 0.342 e. The Labute approximate surface area is 136 Å². The van der Waals surface area contributed by atoms with Crippen LogP contribution >= 0.6 is 11.3 Å². The number of methoxy groups -OCH3 is 1. The van der Waals surface area contributed by atoms with E-state index in [4.69, 9.17) is 13.9 Å². The van der Waals surface area contributed by atoms with Crippen molar-refractivity contribution in [3.63, 3.8) is 0 Å². The first kappa shape index (κ1) is 15.2. The third-order valence-corrected chi connectivity index (χ3v) is 3.99. The van der Waals surface area contributed by atoms with Crippen LogP contribution in [0.5, 0.6) is 5.75 Å². The summed E-state index contributed by atoms with van der Waals surface area (Å²) >= 11 is 1.50. The molecule has 2 heterocycles. The molecule has 118 valence electrons. The van der Waals surface area contributed by atoms with Crippen molar-refractivity contribution in [3.8, 4) is 16.5 Å². The van der Waals surface area contributed by atoms with Crippen LogP contribution in [0.15, 0.2) is 46.2 Å². The second kappa shape index (κ2) is 6.62. The number of ether oxygens (including phenoxy) is 2. The number of benzene rings is 1. The zero-order valence-electron chi connectivity index (χ0n) is 12.6. The predicted molar refractivity (Wildman–Crippen MR) is 84.4 cm³/mol. The first-order valence-corrected chi connectivity index (χ1v) is 7.78. The van der Waals surface area contributed by atoms with Crippen molar-refractivity contribution >= 4 is 17.3 Å². The van der Waals surface area contributed by atoms with Crippen LogP contribution in [-0.2, 0) is 4.74 Å². The summed E-state index contributed by atoms with van der Waals surface area (Å²) in [5.41, 5.74) is 0.347. The highest BCUT2D eigenvalue weighted by atomic mass is 32.1. The molecule has 2 aromatic heterocycles. The SMILES string of the molecule is COc1ccccc1C(=O)O[C@H](C)c1nnc(-c2cccs2)o1. The maximum atomic E-state index is 12.3. The Morgan fingerprint density at radius 3 is 2.78 bits per heavy atom. The van der Waals surface area contributed by atoms with Gasteiger partial charge in [0.1, 0.15) is 11.3 Å². The van der Waals surface area contributed by atoms with Gasteiger partial charge in [-0.05, 0) is 30.5 Å². The van der Waals surface area contributed by atoms with Gasteiger partial charge in [-0.15, -0.1) is 21.5 Å². The number of hydrogen-bond acceptors (Lipinski definition) is 7. The molecule has 0 saturated carbocycles. The third-order valence-electron chi connectivity index (χ3n) is 3.13. The molecular weight excluding hydrogens is 316 g/mol. The maximum Gasteiger partial charge on any atom is 0.342 e. The Morgan fingerprint density at radius 2 is 2.04 bits per heavy atom. The fourth-order valence-corrected chi connectivity index (χ4v) is 2.63. The summed E-state index contributed by atoms with van der Waals surface area (Å²) in [4.78, 5) is 13.1. The number of carbonyl (C=O) groups excluding carboxylic acids is 1. The Kier molecular flexibility index (Phi) is 4.38. The lowest BCUT2D eigenvalue weighted by Crippen LogP contribution is -2.10. The molecule has 0 saturated heterocycles. The number of thiophene rings is 1. The van der Waals surface area contributed by atoms with Gasteiger partial charge >= 0.3 is 5.97 Å². The fraction of sp³-hybridized carbons (Fsp3) is 0.188. The van der Waals surface area contributed by atoms with Gasteiger partial charge in [0.25, 0.3) is 11.8 Å². The van der Waals surface area contributed by atoms with Gasteiger partial charge in [0.15, 0.2) is 6.10 Å². The highest BCUT2D eigenvalue weighted by Gasteiger charge is 2.21. The average Bonchev–Trinajstić information content (AvgIpc) is 3.25. The van der Waals surface area contributed by atoms with Crippen molar-refractivity contribution in [2.24, 2.45) is 0 Å². The minimum atomic E-state index is -0.659. The van der Waals surface area contributed by atoms with E-state index in [9.17, 15) is 4.79 Å². The first-order chi connectivity index (χ1) is 11.2. The van der Waals surface area contributed by atoms with Crippen LogP contribution < -0.4 is 4.74 Å². The summed E-state index contributed by atoms with van der Waals surface area (Å²) in [7, 11) is 1.50. The Hall–Kier alpha value is -2.67. The summed E-state index contributed by atoms with van der Waals surface area (Å²) < 4.78 is 16.1. The molecule has 3 aromatic rings. The lowest BCUT2D eigenvalue weighted by molar-refractivity contribution is 0.0276. The molecule has 0 radical (unpaired) electrons. The van der Waals surface area contributed by atoms with E-state index in [0.717, 1.165) is 4.88 Å². The van der Waals surface area contributed by atoms with E-state index in [1.54, 1.807) is 31.2 Å². The van der Waals surface area contributed by atoms with Crippen LogP contribution in [0.4, 0.5) is 0 Å². The normalized spacial score (nSPS) is 11.9. The molecule has 0 unspecified atom stereocenters. The second-order valence-electron chi connectivity index (χ2n) is 4.67. The van der Waals surface area contributed by atoms with Crippen molar-refractivity contribution in [1.82, 2.24) is 10.2 Å². The van der Waals surface area contributed by atoms with Crippen LogP contribution in [0.25, 0.3) is 10.8 Å². The van der Waals surface area contributed by atoms with E-state index < -0.39 is 12.1 Å². The average molecular weight is 330 g/mol. The molecule has 3 rings (SSSR count). The van der Waals surface area contributed by atoms with E-state index in [2.05, 4.69) is 10.2 Å². The van der Waals surface area contributed by atoms with Gasteiger partial charge in [-0.25, -0.2) is 4.79 Å². The molecule has 0 aliphatic carbocycles. The van der Waals surface area contributed by atoms with E-state index in [1.807, 2.05) is 17.5 Å². The molecule has 0 N–H and O–H groups in total. The number of carbonyl (C=O) groups is 1. The van der Waals surface area contributed by atoms with Crippen molar-refractivity contribution in [2.45, 2.75) is 13.0 Å². The molecule has 0 spiro atoms. The van der Waals surface area contributed by atoms with Crippen LogP contribution in [-0.4, -0.2) is 23.3 Å². The lowest BCUT2D eigenvalue weighted by atomic mass is 10.2. The van der Waals surface area contributed by atoms with Crippen molar-refractivity contribution in [1.29, 1.82) is 0 Å². The van der Waals surface area contributed by atoms with Gasteiger partial charge in [0, 0.05) is 0 Å². The highest BCUT2D eigenvalue weighted by molar-refractivity contribution is 7.13. The zero-order chi connectivity index (χ0) is 16.2. The largest absolute Gasteiger partial charge is 0.496 e. The van der Waals surface area contributed by atoms with Gasteiger partial charge < -0.3 is 13.9 Å². The maximum absolute atomic E-state index is 12.3. The van der Waals surface area contributed by atoms with E-state index in [0.29, 0.717) is 17.2 Å². The standard InChI is InChI=1S/C16H14N2O4S/c1-10(14-17-18-15(22-14)13-8-5-9-23-13)21-16(19)11-6-3-4-7-12(11)20-2/h3-10H,1-2H3/t10-/m1/s1. The van der Waals surface area contributed by atoms with Crippen LogP contribution in [0.1, 0.15) is 29.3 Å². The zero-order valence-corrected chi connectivity index (χ0v) is 13.4. The molecule has 0 aliphatic rings. The summed E-state index contributed by atoms with van der Waals surface area (Å²) in [6, 6.07) is 10.6. The minimum Gasteiger partial charge on any atom is -0.496 e. The predicted octanol–water partition coefficient (Wildman–Crippen LogP) is 3.72. The van der Waals surface area contributed by atoms with Crippen molar-refractivity contribution < 1.29 is 18.7 Å². The van der Waals surface area contributed by atoms with E-state index in [1.165, 1.54) is 18.4 Å². The minimum absolute atomic E-state index is 0.247. The van der Waals surface area contributed by atoms with Crippen LogP contribution in [0, 0.1) is 0 Å². The van der Waals surface area contributed by atoms with E-state index >= 15 is 0 Å². The van der Waals surface area contributed by atoms with Gasteiger partial charge in [0.2, 0.25) is 0 Å². The molecule has 0 fully saturated rings. The van der Waals surface area contributed by atoms with Crippen molar-refractivity contribution in [2.75, 3.05) is 7.11 Å². The summed E-state index contributed by atoms with van der Waals surface area (Å²) in [6.45, 7) is 1.68. The molecule has 1 aromatic carbocycles. The summed E-state index contributed by atoms with van der Waals surface area (Å²) in [6.07, 6.45) is -0.659. The molecule has 23 heavy (non-hydrogen) atoms. The Morgan fingerprint density at radius 1 is 1.22 bits per heavy atom. The molecule has 1 atom stereocenters. The summed E-state index contributed by atoms with van der Waals surface area (Å²) in [5.74, 6) is 0.604. The first-order valence-electron chi connectivity index (χ1n) is 6.90. The van der Waals surface area contributed by atoms with Gasteiger partial charge in [-0.3, -0.25) is 0 Å². The monoisotopic (exact) mass is 330 g/mol. The highest BCUT2D eigenvalue weighted by Crippen LogP contribution is 2.27. The van der Waals surface area contributed by atoms with Crippen molar-refractivity contribution in [3.05, 3.63) is 53.2 Å². The second-order valence-corrected chi connectivity index (χ2v) is 5.62. The molecule has 7 heteroatoms. The van der Waals surface area contributed by atoms with Gasteiger partial charge in [-0.1, -0.05) is 18.2 Å². The van der Waals surface area contributed by atoms with E-state index in [-0.39, 0.29) is 5.89 Å². The topological polar surface area (TPSA) is 74.5 Å². The fourth-order valence-electron chi connectivity index (χ4n) is 1.99. The Bertz CT molecular complexity index is 798. The van der Waals surface area contributed by atoms with Gasteiger partial charge in [-0.2, -0.15) is 0 Å². The molecule has 0 amide bonds. The number of aromatic nitrogens is 2. The summed E-state index contributed by atoms with van der Waals surface area (Å²) in [5, 5.41) is 9.84.